The number of aromatic nitrogens is 4. The Bertz CT molecular complexity index is 627. The van der Waals surface area contributed by atoms with E-state index in [1.165, 1.54) is 12.3 Å². The van der Waals surface area contributed by atoms with Crippen LogP contribution in [0, 0.1) is 5.82 Å². The summed E-state index contributed by atoms with van der Waals surface area (Å²) < 4.78 is 14.6. The molecule has 2 aromatic heterocycles. The summed E-state index contributed by atoms with van der Waals surface area (Å²) in [6.07, 6.45) is 3.51. The van der Waals surface area contributed by atoms with Crippen molar-refractivity contribution in [1.82, 2.24) is 20.0 Å². The predicted octanol–water partition coefficient (Wildman–Crippen LogP) is 1.49. The number of hydrogen-bond donors (Lipinski definition) is 1. The van der Waals surface area contributed by atoms with Gasteiger partial charge in [-0.2, -0.15) is 0 Å². The molecule has 1 N–H and O–H groups in total. The minimum Gasteiger partial charge on any atom is -0.381 e. The van der Waals surface area contributed by atoms with Crippen molar-refractivity contribution in [2.75, 3.05) is 18.0 Å². The zero-order valence-electron chi connectivity index (χ0n) is 12.1. The molecule has 0 bridgehead atoms. The van der Waals surface area contributed by atoms with Crippen LogP contribution in [0.25, 0.3) is 0 Å². The Kier molecular flexibility index (Phi) is 3.36. The number of halogens is 1. The van der Waals surface area contributed by atoms with Gasteiger partial charge in [-0.1, -0.05) is 5.21 Å². The fourth-order valence-electron chi connectivity index (χ4n) is 2.50. The quantitative estimate of drug-likeness (QED) is 0.928. The van der Waals surface area contributed by atoms with Crippen molar-refractivity contribution in [2.45, 2.75) is 31.9 Å². The van der Waals surface area contributed by atoms with Crippen molar-refractivity contribution >= 4 is 5.82 Å². The summed E-state index contributed by atoms with van der Waals surface area (Å²) in [4.78, 5) is 5.98. The van der Waals surface area contributed by atoms with Crippen LogP contribution in [0.15, 0.2) is 24.5 Å². The van der Waals surface area contributed by atoms with E-state index in [1.807, 2.05) is 18.7 Å². The summed E-state index contributed by atoms with van der Waals surface area (Å²) >= 11 is 0. The average Bonchev–Trinajstić information content (AvgIpc) is 3.07. The number of pyridine rings is 1. The van der Waals surface area contributed by atoms with E-state index in [1.54, 1.807) is 16.9 Å². The molecular formula is C14H18FN5O. The monoisotopic (exact) mass is 291 g/mol. The van der Waals surface area contributed by atoms with Crippen LogP contribution in [0.4, 0.5) is 10.2 Å². The second kappa shape index (κ2) is 5.07. The third-order valence-electron chi connectivity index (χ3n) is 3.80. The Labute approximate surface area is 122 Å². The van der Waals surface area contributed by atoms with E-state index in [0.717, 1.165) is 0 Å². The van der Waals surface area contributed by atoms with E-state index in [2.05, 4.69) is 15.3 Å². The molecule has 1 aliphatic rings. The molecule has 0 amide bonds. The van der Waals surface area contributed by atoms with Crippen LogP contribution >= 0.6 is 0 Å². The van der Waals surface area contributed by atoms with Gasteiger partial charge in [0.2, 0.25) is 0 Å². The number of hydrogen-bond acceptors (Lipinski definition) is 5. The van der Waals surface area contributed by atoms with Gasteiger partial charge in [-0.05, 0) is 26.0 Å². The van der Waals surface area contributed by atoms with Crippen LogP contribution in [0.5, 0.6) is 0 Å². The number of aliphatic hydroxyl groups is 1. The minimum atomic E-state index is -1.04. The highest BCUT2D eigenvalue weighted by Gasteiger charge is 2.40. The first kappa shape index (κ1) is 13.9. The molecular weight excluding hydrogens is 273 g/mol. The summed E-state index contributed by atoms with van der Waals surface area (Å²) in [6.45, 7) is 5.03. The molecule has 112 valence electrons. The van der Waals surface area contributed by atoms with E-state index in [4.69, 9.17) is 0 Å². The lowest BCUT2D eigenvalue weighted by Crippen LogP contribution is -2.31. The van der Waals surface area contributed by atoms with Crippen LogP contribution in [0.1, 0.15) is 32.0 Å². The summed E-state index contributed by atoms with van der Waals surface area (Å²) in [5.41, 5.74) is -0.468. The molecule has 0 spiro atoms. The smallest absolute Gasteiger partial charge is 0.141 e. The molecule has 1 fully saturated rings. The first-order valence-electron chi connectivity index (χ1n) is 6.99. The first-order chi connectivity index (χ1) is 9.98. The fourth-order valence-corrected chi connectivity index (χ4v) is 2.50. The third-order valence-corrected chi connectivity index (χ3v) is 3.80. The molecule has 0 radical (unpaired) electrons. The summed E-state index contributed by atoms with van der Waals surface area (Å²) in [5.74, 6) is 0.289. The van der Waals surface area contributed by atoms with Crippen molar-refractivity contribution in [3.05, 3.63) is 36.0 Å². The van der Waals surface area contributed by atoms with Gasteiger partial charge in [0.25, 0.3) is 0 Å². The number of anilines is 1. The largest absolute Gasteiger partial charge is 0.381 e. The van der Waals surface area contributed by atoms with Gasteiger partial charge in [0.1, 0.15) is 22.9 Å². The topological polar surface area (TPSA) is 67.1 Å². The Hall–Kier alpha value is -2.02. The summed E-state index contributed by atoms with van der Waals surface area (Å²) in [6, 6.07) is 3.19. The molecule has 0 unspecified atom stereocenters. The van der Waals surface area contributed by atoms with Gasteiger partial charge in [-0.3, -0.25) is 0 Å². The highest BCUT2D eigenvalue weighted by atomic mass is 19.1. The molecule has 21 heavy (non-hydrogen) atoms. The van der Waals surface area contributed by atoms with Gasteiger partial charge in [-0.25, -0.2) is 14.1 Å². The van der Waals surface area contributed by atoms with Gasteiger partial charge in [0.05, 0.1) is 18.9 Å². The number of rotatable bonds is 3. The van der Waals surface area contributed by atoms with Crippen molar-refractivity contribution in [3.63, 3.8) is 0 Å². The van der Waals surface area contributed by atoms with Crippen molar-refractivity contribution < 1.29 is 9.50 Å². The predicted molar refractivity (Wildman–Crippen MR) is 75.3 cm³/mol. The van der Waals surface area contributed by atoms with Crippen molar-refractivity contribution in [2.24, 2.45) is 0 Å². The molecule has 2 aromatic rings. The highest BCUT2D eigenvalue weighted by molar-refractivity contribution is 5.41. The lowest BCUT2D eigenvalue weighted by molar-refractivity contribution is 0.0559. The third kappa shape index (κ3) is 2.61. The van der Waals surface area contributed by atoms with Gasteiger partial charge < -0.3 is 10.0 Å². The zero-order valence-corrected chi connectivity index (χ0v) is 12.1. The van der Waals surface area contributed by atoms with Crippen LogP contribution in [0.3, 0.4) is 0 Å². The Balaban J connectivity index is 1.79. The van der Waals surface area contributed by atoms with Gasteiger partial charge in [-0.15, -0.1) is 5.10 Å². The molecule has 0 aromatic carbocycles. The standard InChI is InChI=1S/C14H18FN5O/c1-10(2)20-8-12(17-18-20)14(21)5-6-19(9-14)13-4-3-11(15)7-16-13/h3-4,7-8,10,21H,5-6,9H2,1-2H3/t14-/m0/s1. The molecule has 1 aliphatic heterocycles. The molecule has 0 saturated carbocycles. The fraction of sp³-hybridized carbons (Fsp3) is 0.500. The van der Waals surface area contributed by atoms with E-state index >= 15 is 0 Å². The molecule has 1 saturated heterocycles. The minimum absolute atomic E-state index is 0.200. The number of nitrogens with zero attached hydrogens (tertiary/aromatic N) is 5. The summed E-state index contributed by atoms with van der Waals surface area (Å²) in [5, 5.41) is 18.9. The zero-order chi connectivity index (χ0) is 15.0. The molecule has 3 heterocycles. The van der Waals surface area contributed by atoms with Crippen LogP contribution in [-0.2, 0) is 5.60 Å². The maximum atomic E-state index is 12.9. The van der Waals surface area contributed by atoms with Gasteiger partial charge >= 0.3 is 0 Å². The lowest BCUT2D eigenvalue weighted by atomic mass is 10.00. The Morgan fingerprint density at radius 3 is 2.81 bits per heavy atom. The van der Waals surface area contributed by atoms with Crippen molar-refractivity contribution in [3.8, 4) is 0 Å². The Morgan fingerprint density at radius 2 is 2.19 bits per heavy atom. The van der Waals surface area contributed by atoms with E-state index in [-0.39, 0.29) is 11.9 Å². The molecule has 7 heteroatoms. The molecule has 0 aliphatic carbocycles. The Morgan fingerprint density at radius 1 is 1.38 bits per heavy atom. The molecule has 6 nitrogen and oxygen atoms in total. The lowest BCUT2D eigenvalue weighted by Gasteiger charge is -2.21. The van der Waals surface area contributed by atoms with Gasteiger partial charge in [0, 0.05) is 19.0 Å². The normalized spacial score (nSPS) is 22.2. The maximum Gasteiger partial charge on any atom is 0.141 e. The number of β-amino-alcohol motifs (C(OH)–C–C–N with tert-alkyl or cyclic N) is 1. The average molecular weight is 291 g/mol. The SMILES string of the molecule is CC(C)n1cc([C@]2(O)CCN(c3ccc(F)cn3)C2)nn1. The molecule has 3 rings (SSSR count). The maximum absolute atomic E-state index is 12.9. The van der Waals surface area contributed by atoms with E-state index < -0.39 is 5.60 Å². The van der Waals surface area contributed by atoms with Crippen LogP contribution in [0.2, 0.25) is 0 Å². The first-order valence-corrected chi connectivity index (χ1v) is 6.99. The molecule has 1 atom stereocenters. The van der Waals surface area contributed by atoms with Crippen molar-refractivity contribution in [1.29, 1.82) is 0 Å². The van der Waals surface area contributed by atoms with Gasteiger partial charge in [0.15, 0.2) is 0 Å². The summed E-state index contributed by atoms with van der Waals surface area (Å²) in [7, 11) is 0. The highest BCUT2D eigenvalue weighted by Crippen LogP contribution is 2.32. The van der Waals surface area contributed by atoms with E-state index in [0.29, 0.717) is 31.0 Å². The van der Waals surface area contributed by atoms with Crippen LogP contribution < -0.4 is 4.90 Å². The second-order valence-corrected chi connectivity index (χ2v) is 5.72. The van der Waals surface area contributed by atoms with E-state index in [9.17, 15) is 9.50 Å². The van der Waals surface area contributed by atoms with Crippen LogP contribution in [-0.4, -0.2) is 38.2 Å². The second-order valence-electron chi connectivity index (χ2n) is 5.72.